The number of benzene rings is 1. The monoisotopic (exact) mass is 429 g/mol. The Balaban J connectivity index is 1.68. The van der Waals surface area contributed by atoms with Crippen molar-refractivity contribution in [3.63, 3.8) is 0 Å². The zero-order chi connectivity index (χ0) is 22.4. The number of aliphatic carboxylic acids is 1. The summed E-state index contributed by atoms with van der Waals surface area (Å²) in [5, 5.41) is 15.7. The third-order valence-electron chi connectivity index (χ3n) is 5.85. The molecule has 0 unspecified atom stereocenters. The number of carbonyl (C=O) groups is 3. The second-order valence-electron chi connectivity index (χ2n) is 8.10. The first-order valence-corrected chi connectivity index (χ1v) is 10.9. The zero-order valence-electron chi connectivity index (χ0n) is 18.1. The van der Waals surface area contributed by atoms with Crippen LogP contribution in [0, 0.1) is 0 Å². The third-order valence-corrected chi connectivity index (χ3v) is 5.85. The maximum Gasteiger partial charge on any atom is 0.329 e. The van der Waals surface area contributed by atoms with Gasteiger partial charge in [-0.1, -0.05) is 38.0 Å². The number of aryl methyl sites for hydroxylation is 1. The molecule has 3 rings (SSSR count). The van der Waals surface area contributed by atoms with Crippen LogP contribution in [-0.4, -0.2) is 52.3 Å². The standard InChI is InChI=1S/C23H31N3O5/c1-3-4-9-17(22(29)24-16-10-7-12-20(16)31-14-21(27)28)25-23(30)19-13-15-8-5-6-11-18(15)26(19)2/h5-6,8,11,13,16-17,20H,3-4,7,9-10,12,14H2,1-2H3,(H,24,29)(H,25,30)(H,27,28)/t16-,17-,20+/m0/s1. The van der Waals surface area contributed by atoms with Crippen LogP contribution in [-0.2, 0) is 21.4 Å². The van der Waals surface area contributed by atoms with Gasteiger partial charge in [0.15, 0.2) is 0 Å². The number of rotatable bonds is 10. The van der Waals surface area contributed by atoms with Crippen molar-refractivity contribution in [3.8, 4) is 0 Å². The largest absolute Gasteiger partial charge is 0.480 e. The SMILES string of the molecule is CCCC[C@H](NC(=O)c1cc2ccccc2n1C)C(=O)N[C@H]1CCC[C@H]1OCC(=O)O. The summed E-state index contributed by atoms with van der Waals surface area (Å²) in [5.41, 5.74) is 1.45. The lowest BCUT2D eigenvalue weighted by atomic mass is 10.1. The molecule has 3 N–H and O–H groups in total. The Hall–Kier alpha value is -2.87. The van der Waals surface area contributed by atoms with E-state index in [1.165, 1.54) is 0 Å². The Bertz CT molecular complexity index is 938. The van der Waals surface area contributed by atoms with Crippen molar-refractivity contribution in [2.45, 2.75) is 63.6 Å². The lowest BCUT2D eigenvalue weighted by Crippen LogP contribution is -2.51. The van der Waals surface area contributed by atoms with Crippen molar-refractivity contribution in [1.82, 2.24) is 15.2 Å². The van der Waals surface area contributed by atoms with E-state index in [-0.39, 0.29) is 30.6 Å². The summed E-state index contributed by atoms with van der Waals surface area (Å²) < 4.78 is 7.26. The molecule has 8 heteroatoms. The number of unbranched alkanes of at least 4 members (excludes halogenated alkanes) is 1. The fraction of sp³-hybridized carbons (Fsp3) is 0.522. The molecule has 1 heterocycles. The van der Waals surface area contributed by atoms with E-state index in [0.29, 0.717) is 18.5 Å². The normalized spacial score (nSPS) is 19.3. The molecule has 168 valence electrons. The summed E-state index contributed by atoms with van der Waals surface area (Å²) in [4.78, 5) is 36.8. The number of carboxylic acids is 1. The lowest BCUT2D eigenvalue weighted by molar-refractivity contribution is -0.144. The Morgan fingerprint density at radius 3 is 2.74 bits per heavy atom. The van der Waals surface area contributed by atoms with Crippen LogP contribution in [0.15, 0.2) is 30.3 Å². The smallest absolute Gasteiger partial charge is 0.329 e. The predicted molar refractivity (Wildman–Crippen MR) is 117 cm³/mol. The molecule has 1 aliphatic rings. The molecular formula is C23H31N3O5. The number of para-hydroxylation sites is 1. The Labute approximate surface area is 181 Å². The highest BCUT2D eigenvalue weighted by molar-refractivity contribution is 6.00. The van der Waals surface area contributed by atoms with E-state index in [4.69, 9.17) is 9.84 Å². The van der Waals surface area contributed by atoms with Gasteiger partial charge in [0.1, 0.15) is 18.3 Å². The topological polar surface area (TPSA) is 110 Å². The summed E-state index contributed by atoms with van der Waals surface area (Å²) in [5.74, 6) is -1.57. The van der Waals surface area contributed by atoms with Crippen molar-refractivity contribution >= 4 is 28.7 Å². The number of aromatic nitrogens is 1. The molecule has 0 radical (unpaired) electrons. The van der Waals surface area contributed by atoms with Gasteiger partial charge in [-0.3, -0.25) is 9.59 Å². The molecule has 1 saturated carbocycles. The van der Waals surface area contributed by atoms with Crippen LogP contribution >= 0.6 is 0 Å². The Kier molecular flexibility index (Phi) is 7.68. The first kappa shape index (κ1) is 22.8. The number of ether oxygens (including phenoxy) is 1. The Morgan fingerprint density at radius 2 is 2.03 bits per heavy atom. The van der Waals surface area contributed by atoms with Crippen molar-refractivity contribution in [2.75, 3.05) is 6.61 Å². The lowest BCUT2D eigenvalue weighted by Gasteiger charge is -2.24. The average Bonchev–Trinajstić information content (AvgIpc) is 3.33. The van der Waals surface area contributed by atoms with Gasteiger partial charge in [-0.2, -0.15) is 0 Å². The van der Waals surface area contributed by atoms with E-state index in [1.807, 2.05) is 48.9 Å². The van der Waals surface area contributed by atoms with Gasteiger partial charge in [-0.15, -0.1) is 0 Å². The van der Waals surface area contributed by atoms with Gasteiger partial charge in [0.25, 0.3) is 5.91 Å². The first-order valence-electron chi connectivity index (χ1n) is 10.9. The van der Waals surface area contributed by atoms with Crippen LogP contribution in [0.5, 0.6) is 0 Å². The van der Waals surface area contributed by atoms with Gasteiger partial charge in [0.2, 0.25) is 5.91 Å². The molecule has 2 amide bonds. The second kappa shape index (κ2) is 10.4. The van der Waals surface area contributed by atoms with Gasteiger partial charge in [0.05, 0.1) is 12.1 Å². The summed E-state index contributed by atoms with van der Waals surface area (Å²) in [6.07, 6.45) is 4.22. The molecule has 0 spiro atoms. The minimum absolute atomic E-state index is 0.245. The van der Waals surface area contributed by atoms with Crippen LogP contribution in [0.4, 0.5) is 0 Å². The fourth-order valence-electron chi connectivity index (χ4n) is 4.17. The Morgan fingerprint density at radius 1 is 1.26 bits per heavy atom. The molecule has 0 saturated heterocycles. The van der Waals surface area contributed by atoms with E-state index in [1.54, 1.807) is 0 Å². The van der Waals surface area contributed by atoms with E-state index < -0.39 is 12.0 Å². The third kappa shape index (κ3) is 5.64. The number of fused-ring (bicyclic) bond motifs is 1. The summed E-state index contributed by atoms with van der Waals surface area (Å²) in [6.45, 7) is 1.65. The molecular weight excluding hydrogens is 398 g/mol. The van der Waals surface area contributed by atoms with Crippen molar-refractivity contribution < 1.29 is 24.2 Å². The number of amides is 2. The molecule has 1 aliphatic carbocycles. The van der Waals surface area contributed by atoms with E-state index in [9.17, 15) is 14.4 Å². The quantitative estimate of drug-likeness (QED) is 0.538. The highest BCUT2D eigenvalue weighted by Crippen LogP contribution is 2.23. The molecule has 1 fully saturated rings. The summed E-state index contributed by atoms with van der Waals surface area (Å²) >= 11 is 0. The number of nitrogens with zero attached hydrogens (tertiary/aromatic N) is 1. The van der Waals surface area contributed by atoms with Crippen LogP contribution < -0.4 is 10.6 Å². The number of nitrogens with one attached hydrogen (secondary N) is 2. The van der Waals surface area contributed by atoms with Gasteiger partial charge >= 0.3 is 5.97 Å². The molecule has 1 aromatic carbocycles. The number of hydrogen-bond donors (Lipinski definition) is 3. The van der Waals surface area contributed by atoms with Crippen LogP contribution in [0.2, 0.25) is 0 Å². The predicted octanol–water partition coefficient (Wildman–Crippen LogP) is 2.61. The molecule has 1 aromatic heterocycles. The number of carboxylic acid groups (broad SMARTS) is 1. The van der Waals surface area contributed by atoms with Gasteiger partial charge < -0.3 is 25.0 Å². The zero-order valence-corrected chi connectivity index (χ0v) is 18.1. The maximum absolute atomic E-state index is 13.0. The molecule has 2 aromatic rings. The van der Waals surface area contributed by atoms with Crippen LogP contribution in [0.25, 0.3) is 10.9 Å². The molecule has 8 nitrogen and oxygen atoms in total. The number of carbonyl (C=O) groups excluding carboxylic acids is 2. The van der Waals surface area contributed by atoms with Crippen molar-refractivity contribution in [2.24, 2.45) is 7.05 Å². The van der Waals surface area contributed by atoms with E-state index >= 15 is 0 Å². The van der Waals surface area contributed by atoms with Crippen LogP contribution in [0.3, 0.4) is 0 Å². The minimum Gasteiger partial charge on any atom is -0.480 e. The fourth-order valence-corrected chi connectivity index (χ4v) is 4.17. The highest BCUT2D eigenvalue weighted by Gasteiger charge is 2.32. The minimum atomic E-state index is -1.03. The van der Waals surface area contributed by atoms with E-state index in [0.717, 1.165) is 36.6 Å². The highest BCUT2D eigenvalue weighted by atomic mass is 16.5. The maximum atomic E-state index is 13.0. The average molecular weight is 430 g/mol. The second-order valence-corrected chi connectivity index (χ2v) is 8.10. The molecule has 31 heavy (non-hydrogen) atoms. The molecule has 3 atom stereocenters. The number of hydrogen-bond acceptors (Lipinski definition) is 4. The van der Waals surface area contributed by atoms with E-state index in [2.05, 4.69) is 10.6 Å². The van der Waals surface area contributed by atoms with Gasteiger partial charge in [0, 0.05) is 18.0 Å². The van der Waals surface area contributed by atoms with Crippen LogP contribution in [0.1, 0.15) is 55.9 Å². The summed E-state index contributed by atoms with van der Waals surface area (Å²) in [7, 11) is 1.83. The molecule has 0 bridgehead atoms. The van der Waals surface area contributed by atoms with Gasteiger partial charge in [-0.05, 0) is 37.8 Å². The summed E-state index contributed by atoms with van der Waals surface area (Å²) in [6, 6.07) is 8.66. The van der Waals surface area contributed by atoms with Crippen molar-refractivity contribution in [1.29, 1.82) is 0 Å². The van der Waals surface area contributed by atoms with Gasteiger partial charge in [-0.25, -0.2) is 4.79 Å². The molecule has 0 aliphatic heterocycles. The van der Waals surface area contributed by atoms with Crippen molar-refractivity contribution in [3.05, 3.63) is 36.0 Å². The first-order chi connectivity index (χ1) is 14.9.